The van der Waals surface area contributed by atoms with Crippen LogP contribution in [0.4, 0.5) is 5.69 Å². The molecule has 1 aromatic heterocycles. The molecule has 0 bridgehead atoms. The highest BCUT2D eigenvalue weighted by Crippen LogP contribution is 2.28. The second kappa shape index (κ2) is 6.36. The van der Waals surface area contributed by atoms with E-state index in [1.807, 2.05) is 36.7 Å². The Balaban J connectivity index is 2.06. The number of aromatic amines is 1. The van der Waals surface area contributed by atoms with Crippen LogP contribution in [0.15, 0.2) is 36.7 Å². The van der Waals surface area contributed by atoms with Crippen LogP contribution in [0.25, 0.3) is 0 Å². The Labute approximate surface area is 112 Å². The van der Waals surface area contributed by atoms with Crippen LogP contribution in [0, 0.1) is 0 Å². The molecule has 18 heavy (non-hydrogen) atoms. The third kappa shape index (κ3) is 3.44. The monoisotopic (exact) mass is 264 g/mol. The van der Waals surface area contributed by atoms with Crippen LogP contribution in [0.5, 0.6) is 5.75 Å². The van der Waals surface area contributed by atoms with Crippen LogP contribution in [-0.4, -0.2) is 11.6 Å². The fraction of sp³-hybridized carbons (Fsp3) is 0.286. The van der Waals surface area contributed by atoms with Gasteiger partial charge in [0.05, 0.1) is 12.3 Å². The summed E-state index contributed by atoms with van der Waals surface area (Å²) in [6.45, 7) is 3.54. The number of ether oxygens (including phenoxy) is 1. The maximum atomic E-state index is 6.01. The second-order valence-electron chi connectivity index (χ2n) is 4.06. The highest BCUT2D eigenvalue weighted by Gasteiger charge is 2.04. The number of anilines is 1. The molecule has 0 radical (unpaired) electrons. The van der Waals surface area contributed by atoms with E-state index >= 15 is 0 Å². The van der Waals surface area contributed by atoms with Gasteiger partial charge in [0.2, 0.25) is 0 Å². The van der Waals surface area contributed by atoms with Gasteiger partial charge in [0.25, 0.3) is 0 Å². The predicted octanol–water partition coefficient (Wildman–Crippen LogP) is 4.07. The number of aromatic nitrogens is 1. The Kier molecular flexibility index (Phi) is 4.53. The van der Waals surface area contributed by atoms with Gasteiger partial charge in [-0.2, -0.15) is 0 Å². The molecule has 0 spiro atoms. The quantitative estimate of drug-likeness (QED) is 0.825. The lowest BCUT2D eigenvalue weighted by Gasteiger charge is -2.12. The summed E-state index contributed by atoms with van der Waals surface area (Å²) in [6, 6.07) is 7.66. The van der Waals surface area contributed by atoms with E-state index in [2.05, 4.69) is 17.2 Å². The van der Waals surface area contributed by atoms with Crippen LogP contribution in [0.3, 0.4) is 0 Å². The first-order valence-electron chi connectivity index (χ1n) is 6.07. The average molecular weight is 265 g/mol. The van der Waals surface area contributed by atoms with Crippen molar-refractivity contribution in [2.45, 2.75) is 19.9 Å². The summed E-state index contributed by atoms with van der Waals surface area (Å²) in [4.78, 5) is 3.03. The van der Waals surface area contributed by atoms with E-state index in [1.165, 1.54) is 5.56 Å². The van der Waals surface area contributed by atoms with Crippen molar-refractivity contribution in [1.29, 1.82) is 0 Å². The van der Waals surface area contributed by atoms with Crippen molar-refractivity contribution < 1.29 is 4.74 Å². The van der Waals surface area contributed by atoms with Gasteiger partial charge in [-0.1, -0.05) is 18.5 Å². The van der Waals surface area contributed by atoms with E-state index in [4.69, 9.17) is 16.3 Å². The van der Waals surface area contributed by atoms with Crippen LogP contribution in [0.2, 0.25) is 5.02 Å². The molecule has 0 aliphatic heterocycles. The van der Waals surface area contributed by atoms with Crippen molar-refractivity contribution in [3.8, 4) is 5.75 Å². The molecule has 0 atom stereocenters. The van der Waals surface area contributed by atoms with Gasteiger partial charge < -0.3 is 15.0 Å². The normalized spacial score (nSPS) is 10.3. The van der Waals surface area contributed by atoms with Gasteiger partial charge >= 0.3 is 0 Å². The largest absolute Gasteiger partial charge is 0.491 e. The molecule has 0 aliphatic carbocycles. The molecule has 0 unspecified atom stereocenters. The molecule has 0 saturated heterocycles. The molecule has 0 aliphatic rings. The zero-order chi connectivity index (χ0) is 12.8. The standard InChI is InChI=1S/C14H17ClN2O/c1-2-7-18-14-4-3-12(15)8-13(14)17-10-11-5-6-16-9-11/h3-6,8-9,16-17H,2,7,10H2,1H3. The van der Waals surface area contributed by atoms with Gasteiger partial charge in [-0.05, 0) is 36.2 Å². The lowest BCUT2D eigenvalue weighted by Crippen LogP contribution is -2.03. The van der Waals surface area contributed by atoms with E-state index in [9.17, 15) is 0 Å². The average Bonchev–Trinajstić information content (AvgIpc) is 2.88. The van der Waals surface area contributed by atoms with E-state index in [-0.39, 0.29) is 0 Å². The molecule has 0 saturated carbocycles. The smallest absolute Gasteiger partial charge is 0.142 e. The molecule has 2 aromatic rings. The van der Waals surface area contributed by atoms with E-state index < -0.39 is 0 Å². The number of hydrogen-bond donors (Lipinski definition) is 2. The molecular formula is C14H17ClN2O. The molecule has 1 aromatic carbocycles. The Morgan fingerprint density at radius 1 is 1.33 bits per heavy atom. The summed E-state index contributed by atoms with van der Waals surface area (Å²) in [7, 11) is 0. The van der Waals surface area contributed by atoms with E-state index in [0.29, 0.717) is 11.6 Å². The van der Waals surface area contributed by atoms with Crippen LogP contribution < -0.4 is 10.1 Å². The van der Waals surface area contributed by atoms with Crippen molar-refractivity contribution in [3.05, 3.63) is 47.2 Å². The predicted molar refractivity (Wildman–Crippen MR) is 75.4 cm³/mol. The number of halogens is 1. The first-order valence-corrected chi connectivity index (χ1v) is 6.45. The molecule has 2 rings (SSSR count). The zero-order valence-corrected chi connectivity index (χ0v) is 11.1. The number of nitrogens with one attached hydrogen (secondary N) is 2. The zero-order valence-electron chi connectivity index (χ0n) is 10.4. The number of H-pyrrole nitrogens is 1. The highest BCUT2D eigenvalue weighted by atomic mass is 35.5. The Morgan fingerprint density at radius 2 is 2.22 bits per heavy atom. The van der Waals surface area contributed by atoms with E-state index in [1.54, 1.807) is 0 Å². The van der Waals surface area contributed by atoms with Gasteiger partial charge in [-0.25, -0.2) is 0 Å². The molecule has 96 valence electrons. The second-order valence-corrected chi connectivity index (χ2v) is 4.50. The van der Waals surface area contributed by atoms with Gasteiger partial charge in [0, 0.05) is 24.0 Å². The van der Waals surface area contributed by atoms with Gasteiger partial charge in [0.15, 0.2) is 0 Å². The summed E-state index contributed by atoms with van der Waals surface area (Å²) in [5, 5.41) is 4.04. The van der Waals surface area contributed by atoms with Crippen molar-refractivity contribution in [1.82, 2.24) is 4.98 Å². The fourth-order valence-corrected chi connectivity index (χ4v) is 1.82. The fourth-order valence-electron chi connectivity index (χ4n) is 1.64. The Morgan fingerprint density at radius 3 is 2.94 bits per heavy atom. The minimum atomic E-state index is 0.704. The molecular weight excluding hydrogens is 248 g/mol. The molecule has 3 nitrogen and oxygen atoms in total. The van der Waals surface area contributed by atoms with Gasteiger partial charge in [-0.15, -0.1) is 0 Å². The summed E-state index contributed by atoms with van der Waals surface area (Å²) < 4.78 is 5.68. The van der Waals surface area contributed by atoms with Gasteiger partial charge in [-0.3, -0.25) is 0 Å². The number of rotatable bonds is 6. The van der Waals surface area contributed by atoms with Crippen molar-refractivity contribution in [2.75, 3.05) is 11.9 Å². The molecule has 2 N–H and O–H groups in total. The molecule has 0 fully saturated rings. The topological polar surface area (TPSA) is 37.0 Å². The summed E-state index contributed by atoms with van der Waals surface area (Å²) >= 11 is 6.01. The number of benzene rings is 1. The molecule has 1 heterocycles. The first kappa shape index (κ1) is 12.8. The van der Waals surface area contributed by atoms with Crippen LogP contribution in [-0.2, 0) is 6.54 Å². The maximum Gasteiger partial charge on any atom is 0.142 e. The van der Waals surface area contributed by atoms with Crippen LogP contribution >= 0.6 is 11.6 Å². The third-order valence-electron chi connectivity index (χ3n) is 2.55. The summed E-state index contributed by atoms with van der Waals surface area (Å²) in [5.74, 6) is 0.844. The highest BCUT2D eigenvalue weighted by molar-refractivity contribution is 6.30. The molecule has 0 amide bonds. The summed E-state index contributed by atoms with van der Waals surface area (Å²) in [6.07, 6.45) is 4.85. The lowest BCUT2D eigenvalue weighted by atomic mass is 10.2. The van der Waals surface area contributed by atoms with Crippen molar-refractivity contribution in [3.63, 3.8) is 0 Å². The minimum Gasteiger partial charge on any atom is -0.491 e. The Bertz CT molecular complexity index is 483. The lowest BCUT2D eigenvalue weighted by molar-refractivity contribution is 0.319. The summed E-state index contributed by atoms with van der Waals surface area (Å²) in [5.41, 5.74) is 2.12. The first-order chi connectivity index (χ1) is 8.79. The number of hydrogen-bond acceptors (Lipinski definition) is 2. The van der Waals surface area contributed by atoms with Gasteiger partial charge in [0.1, 0.15) is 5.75 Å². The minimum absolute atomic E-state index is 0.704. The molecule has 4 heteroatoms. The third-order valence-corrected chi connectivity index (χ3v) is 2.78. The van der Waals surface area contributed by atoms with E-state index in [0.717, 1.165) is 24.4 Å². The maximum absolute atomic E-state index is 6.01. The van der Waals surface area contributed by atoms with Crippen molar-refractivity contribution in [2.24, 2.45) is 0 Å². The SMILES string of the molecule is CCCOc1ccc(Cl)cc1NCc1cc[nH]c1. The van der Waals surface area contributed by atoms with Crippen LogP contribution in [0.1, 0.15) is 18.9 Å². The van der Waals surface area contributed by atoms with Crippen molar-refractivity contribution >= 4 is 17.3 Å². The Hall–Kier alpha value is -1.61.